The number of ether oxygens (including phenoxy) is 2. The minimum Gasteiger partial charge on any atom is -0.486 e. The lowest BCUT2D eigenvalue weighted by molar-refractivity contribution is -0.118. The van der Waals surface area contributed by atoms with Crippen LogP contribution in [-0.4, -0.2) is 38.2 Å². The van der Waals surface area contributed by atoms with Crippen molar-refractivity contribution in [2.24, 2.45) is 0 Å². The van der Waals surface area contributed by atoms with Crippen molar-refractivity contribution in [2.75, 3.05) is 26.3 Å². The summed E-state index contributed by atoms with van der Waals surface area (Å²) in [5.41, 5.74) is 0.932. The van der Waals surface area contributed by atoms with E-state index in [1.165, 1.54) is 6.92 Å². The third-order valence-electron chi connectivity index (χ3n) is 3.20. The molecule has 0 aliphatic carbocycles. The summed E-state index contributed by atoms with van der Waals surface area (Å²) in [6, 6.07) is 5.16. The zero-order chi connectivity index (χ0) is 15.9. The topological polar surface area (TPSA) is 88.7 Å². The average Bonchev–Trinajstić information content (AvgIpc) is 2.51. The third-order valence-corrected chi connectivity index (χ3v) is 3.20. The fraction of sp³-hybridized carbons (Fsp3) is 0.467. The maximum atomic E-state index is 11.8. The average molecular weight is 307 g/mol. The smallest absolute Gasteiger partial charge is 0.315 e. The van der Waals surface area contributed by atoms with Gasteiger partial charge in [0.1, 0.15) is 13.2 Å². The highest BCUT2D eigenvalue weighted by Gasteiger charge is 2.15. The van der Waals surface area contributed by atoms with E-state index in [0.29, 0.717) is 32.1 Å². The minimum atomic E-state index is -0.284. The van der Waals surface area contributed by atoms with Gasteiger partial charge < -0.3 is 25.4 Å². The van der Waals surface area contributed by atoms with Crippen molar-refractivity contribution in [2.45, 2.75) is 19.9 Å². The minimum absolute atomic E-state index is 0.119. The maximum Gasteiger partial charge on any atom is 0.315 e. The molecule has 3 N–H and O–H groups in total. The van der Waals surface area contributed by atoms with Crippen molar-refractivity contribution in [3.63, 3.8) is 0 Å². The monoisotopic (exact) mass is 307 g/mol. The first-order valence-corrected chi connectivity index (χ1v) is 7.24. The van der Waals surface area contributed by atoms with Gasteiger partial charge in [0.2, 0.25) is 5.91 Å². The Bertz CT molecular complexity index is 548. The van der Waals surface area contributed by atoms with E-state index in [9.17, 15) is 9.59 Å². The molecule has 0 unspecified atom stereocenters. The Kier molecular flexibility index (Phi) is 5.46. The quantitative estimate of drug-likeness (QED) is 0.707. The fourth-order valence-electron chi connectivity index (χ4n) is 2.07. The molecule has 0 bridgehead atoms. The van der Waals surface area contributed by atoms with Gasteiger partial charge >= 0.3 is 6.03 Å². The van der Waals surface area contributed by atoms with Crippen molar-refractivity contribution < 1.29 is 19.1 Å². The number of benzene rings is 1. The van der Waals surface area contributed by atoms with Crippen LogP contribution in [0.4, 0.5) is 4.79 Å². The molecule has 1 aromatic rings. The Morgan fingerprint density at radius 2 is 1.82 bits per heavy atom. The summed E-state index contributed by atoms with van der Waals surface area (Å²) in [6.07, 6.45) is 0. The van der Waals surface area contributed by atoms with E-state index >= 15 is 0 Å². The largest absolute Gasteiger partial charge is 0.486 e. The van der Waals surface area contributed by atoms with Crippen LogP contribution in [0.5, 0.6) is 11.5 Å². The summed E-state index contributed by atoms with van der Waals surface area (Å²) >= 11 is 0. The fourth-order valence-corrected chi connectivity index (χ4v) is 2.07. The Labute approximate surface area is 129 Å². The van der Waals surface area contributed by atoms with Gasteiger partial charge in [-0.05, 0) is 24.6 Å². The van der Waals surface area contributed by atoms with Gasteiger partial charge in [-0.2, -0.15) is 0 Å². The molecule has 2 rings (SSSR count). The van der Waals surface area contributed by atoms with E-state index in [1.807, 2.05) is 25.1 Å². The lowest BCUT2D eigenvalue weighted by Gasteiger charge is -2.21. The number of nitrogens with one attached hydrogen (secondary N) is 3. The number of amides is 3. The van der Waals surface area contributed by atoms with E-state index < -0.39 is 0 Å². The molecule has 0 fully saturated rings. The molecule has 22 heavy (non-hydrogen) atoms. The maximum absolute atomic E-state index is 11.8. The molecular formula is C15H21N3O4. The van der Waals surface area contributed by atoms with Crippen molar-refractivity contribution in [1.29, 1.82) is 0 Å². The van der Waals surface area contributed by atoms with E-state index in [0.717, 1.165) is 11.3 Å². The Morgan fingerprint density at radius 3 is 2.55 bits per heavy atom. The summed E-state index contributed by atoms with van der Waals surface area (Å²) in [5, 5.41) is 8.12. The van der Waals surface area contributed by atoms with Crippen molar-refractivity contribution in [3.8, 4) is 11.5 Å². The standard InChI is InChI=1S/C15H21N3O4/c1-10(18-15(20)17-6-5-16-11(2)19)12-3-4-13-14(9-12)22-8-7-21-13/h3-4,9-10H,5-8H2,1-2H3,(H,16,19)(H2,17,18,20)/t10-/m0/s1. The number of rotatable bonds is 5. The van der Waals surface area contributed by atoms with Gasteiger partial charge in [0.25, 0.3) is 0 Å². The van der Waals surface area contributed by atoms with Crippen molar-refractivity contribution in [3.05, 3.63) is 23.8 Å². The number of hydrogen-bond acceptors (Lipinski definition) is 4. The highest BCUT2D eigenvalue weighted by Crippen LogP contribution is 2.32. The Balaban J connectivity index is 1.82. The molecule has 3 amide bonds. The zero-order valence-corrected chi connectivity index (χ0v) is 12.8. The van der Waals surface area contributed by atoms with Crippen LogP contribution in [0.15, 0.2) is 18.2 Å². The van der Waals surface area contributed by atoms with Crippen LogP contribution in [0.3, 0.4) is 0 Å². The van der Waals surface area contributed by atoms with Crippen LogP contribution in [0.1, 0.15) is 25.5 Å². The summed E-state index contributed by atoms with van der Waals surface area (Å²) in [5.74, 6) is 1.30. The zero-order valence-electron chi connectivity index (χ0n) is 12.8. The summed E-state index contributed by atoms with van der Waals surface area (Å²) in [4.78, 5) is 22.5. The molecule has 1 aromatic carbocycles. The number of carbonyl (C=O) groups is 2. The molecule has 0 saturated heterocycles. The number of fused-ring (bicyclic) bond motifs is 1. The van der Waals surface area contributed by atoms with Gasteiger partial charge in [-0.1, -0.05) is 6.07 Å². The van der Waals surface area contributed by atoms with E-state index in [1.54, 1.807) is 0 Å². The van der Waals surface area contributed by atoms with Crippen LogP contribution in [0, 0.1) is 0 Å². The van der Waals surface area contributed by atoms with Crippen molar-refractivity contribution in [1.82, 2.24) is 16.0 Å². The van der Waals surface area contributed by atoms with E-state index in [-0.39, 0.29) is 18.0 Å². The second-order valence-electron chi connectivity index (χ2n) is 5.01. The molecule has 1 aliphatic rings. The van der Waals surface area contributed by atoms with Crippen molar-refractivity contribution >= 4 is 11.9 Å². The summed E-state index contributed by atoms with van der Waals surface area (Å²) in [7, 11) is 0. The lowest BCUT2D eigenvalue weighted by Crippen LogP contribution is -2.40. The van der Waals surface area contributed by atoms with Crippen LogP contribution in [0.25, 0.3) is 0 Å². The van der Waals surface area contributed by atoms with Gasteiger partial charge in [-0.25, -0.2) is 4.79 Å². The lowest BCUT2D eigenvalue weighted by atomic mass is 10.1. The molecule has 0 aromatic heterocycles. The molecule has 1 aliphatic heterocycles. The second kappa shape index (κ2) is 7.53. The summed E-state index contributed by atoms with van der Waals surface area (Å²) < 4.78 is 11.0. The number of carbonyl (C=O) groups excluding carboxylic acids is 2. The van der Waals surface area contributed by atoms with E-state index in [2.05, 4.69) is 16.0 Å². The van der Waals surface area contributed by atoms with E-state index in [4.69, 9.17) is 9.47 Å². The van der Waals surface area contributed by atoms with Crippen LogP contribution >= 0.6 is 0 Å². The Hall–Kier alpha value is -2.44. The first kappa shape index (κ1) is 15.9. The van der Waals surface area contributed by atoms with Crippen LogP contribution in [-0.2, 0) is 4.79 Å². The third kappa shape index (κ3) is 4.54. The number of hydrogen-bond donors (Lipinski definition) is 3. The normalized spacial score (nSPS) is 13.9. The molecule has 120 valence electrons. The van der Waals surface area contributed by atoms with Gasteiger partial charge in [-0.3, -0.25) is 4.79 Å². The molecule has 0 saturated carbocycles. The predicted molar refractivity (Wildman–Crippen MR) is 81.1 cm³/mol. The molecule has 0 radical (unpaired) electrons. The highest BCUT2D eigenvalue weighted by molar-refractivity contribution is 5.75. The highest BCUT2D eigenvalue weighted by atomic mass is 16.6. The summed E-state index contributed by atoms with van der Waals surface area (Å²) in [6.45, 7) is 5.18. The molecule has 1 atom stereocenters. The first-order chi connectivity index (χ1) is 10.6. The number of urea groups is 1. The molecule has 7 nitrogen and oxygen atoms in total. The van der Waals surface area contributed by atoms with Gasteiger partial charge in [0.15, 0.2) is 11.5 Å². The first-order valence-electron chi connectivity index (χ1n) is 7.24. The van der Waals surface area contributed by atoms with Crippen LogP contribution in [0.2, 0.25) is 0 Å². The predicted octanol–water partition coefficient (Wildman–Crippen LogP) is 0.954. The molecule has 1 heterocycles. The Morgan fingerprint density at radius 1 is 1.14 bits per heavy atom. The van der Waals surface area contributed by atoms with Gasteiger partial charge in [-0.15, -0.1) is 0 Å². The van der Waals surface area contributed by atoms with Gasteiger partial charge in [0, 0.05) is 20.0 Å². The molecule has 7 heteroatoms. The second-order valence-corrected chi connectivity index (χ2v) is 5.01. The van der Waals surface area contributed by atoms with Crippen LogP contribution < -0.4 is 25.4 Å². The molecule has 0 spiro atoms. The van der Waals surface area contributed by atoms with Gasteiger partial charge in [0.05, 0.1) is 6.04 Å². The SMILES string of the molecule is CC(=O)NCCNC(=O)N[C@@H](C)c1ccc2c(c1)OCCO2. The molecular weight excluding hydrogens is 286 g/mol.